The summed E-state index contributed by atoms with van der Waals surface area (Å²) in [5, 5.41) is 0. The van der Waals surface area contributed by atoms with E-state index in [1.54, 1.807) is 6.33 Å². The van der Waals surface area contributed by atoms with Crippen molar-refractivity contribution in [1.82, 2.24) is 19.4 Å². The molecule has 8 nitrogen and oxygen atoms in total. The number of benzene rings is 2. The Balaban J connectivity index is 1.18. The minimum Gasteiger partial charge on any atom is -0.0375 e. The van der Waals surface area contributed by atoms with Crippen molar-refractivity contribution in [2.75, 3.05) is 57.4 Å². The van der Waals surface area contributed by atoms with E-state index >= 15 is 0 Å². The second-order valence-corrected chi connectivity index (χ2v) is 11.1. The maximum Gasteiger partial charge on any atom is -0.0248 e. The molecule has 3 aliphatic rings. The van der Waals surface area contributed by atoms with Gasteiger partial charge in [0.25, 0.3) is 0 Å². The number of quaternary nitrogens is 1. The van der Waals surface area contributed by atoms with Crippen LogP contribution in [0.2, 0.25) is 0 Å². The number of nitrogens with zero attached hydrogens (tertiary/aromatic N) is 6. The van der Waals surface area contributed by atoms with Crippen molar-refractivity contribution in [3.8, 4) is 11.5 Å². The van der Waals surface area contributed by atoms with Crippen LogP contribution in [0.25, 0.3) is 0 Å². The molecule has 2 aromatic carbocycles. The molecule has 6 rings (SSSR count). The van der Waals surface area contributed by atoms with Crippen LogP contribution in [0.3, 0.4) is 0 Å². The Kier molecular flexibility index (Phi) is 6.65. The molecule has 192 valence electrons. The molecule has 1 fully saturated rings. The van der Waals surface area contributed by atoms with Gasteiger partial charge in [0.15, 0.2) is 0 Å². The van der Waals surface area contributed by atoms with Crippen LogP contribution >= 0.6 is 0 Å². The molecular formula is C28H34AsN6O2+. The Morgan fingerprint density at radius 2 is 1.78 bits per heavy atom. The Morgan fingerprint density at radius 3 is 2.62 bits per heavy atom. The summed E-state index contributed by atoms with van der Waals surface area (Å²) in [6, 6.07) is 12.9. The van der Waals surface area contributed by atoms with Gasteiger partial charge in [0.2, 0.25) is 0 Å². The van der Waals surface area contributed by atoms with E-state index in [2.05, 4.69) is 59.0 Å². The van der Waals surface area contributed by atoms with Crippen molar-refractivity contribution < 1.29 is 9.47 Å². The molecule has 3 aromatic rings. The van der Waals surface area contributed by atoms with Gasteiger partial charge in [-0.15, -0.1) is 0 Å². The van der Waals surface area contributed by atoms with Crippen LogP contribution in [0, 0.1) is 13.8 Å². The van der Waals surface area contributed by atoms with Crippen molar-refractivity contribution in [2.24, 2.45) is 4.99 Å². The van der Waals surface area contributed by atoms with E-state index in [4.69, 9.17) is 19.5 Å². The van der Waals surface area contributed by atoms with Crippen LogP contribution in [-0.4, -0.2) is 90.5 Å². The predicted molar refractivity (Wildman–Crippen MR) is 151 cm³/mol. The second-order valence-electron chi connectivity index (χ2n) is 10.00. The topological polar surface area (TPSA) is 63.1 Å². The Labute approximate surface area is 227 Å². The van der Waals surface area contributed by atoms with Crippen molar-refractivity contribution >= 4 is 50.6 Å². The Morgan fingerprint density at radius 1 is 0.973 bits per heavy atom. The molecular weight excluding hydrogens is 527 g/mol. The average Bonchev–Trinajstić information content (AvgIpc) is 3.31. The normalized spacial score (nSPS) is 20.8. The summed E-state index contributed by atoms with van der Waals surface area (Å²) in [7, 11) is 0. The van der Waals surface area contributed by atoms with Crippen molar-refractivity contribution in [1.29, 1.82) is 0 Å². The van der Waals surface area contributed by atoms with Gasteiger partial charge in [-0.25, -0.2) is 0 Å². The molecule has 0 radical (unpaired) electrons. The minimum atomic E-state index is 0.480. The fourth-order valence-electron chi connectivity index (χ4n) is 5.61. The van der Waals surface area contributed by atoms with Crippen LogP contribution in [0.1, 0.15) is 17.5 Å². The van der Waals surface area contributed by atoms with Crippen LogP contribution in [0.15, 0.2) is 47.7 Å². The first-order chi connectivity index (χ1) is 18.0. The number of aromatic nitrogens is 2. The summed E-state index contributed by atoms with van der Waals surface area (Å²) in [4.78, 5) is 19.1. The fourth-order valence-corrected chi connectivity index (χ4v) is 6.17. The van der Waals surface area contributed by atoms with Crippen molar-refractivity contribution in [2.45, 2.75) is 20.3 Å². The van der Waals surface area contributed by atoms with Crippen LogP contribution in [0.4, 0.5) is 22.9 Å². The third-order valence-electron chi connectivity index (χ3n) is 7.85. The number of ether oxygens (including phenoxy) is 2. The molecule has 37 heavy (non-hydrogen) atoms. The molecule has 0 saturated carbocycles. The van der Waals surface area contributed by atoms with Gasteiger partial charge in [0.05, 0.1) is 0 Å². The van der Waals surface area contributed by atoms with E-state index in [-0.39, 0.29) is 0 Å². The summed E-state index contributed by atoms with van der Waals surface area (Å²) >= 11 is 1.47. The first-order valence-electron chi connectivity index (χ1n) is 13.0. The zero-order valence-corrected chi connectivity index (χ0v) is 24.0. The van der Waals surface area contributed by atoms with Crippen LogP contribution in [0.5, 0.6) is 11.5 Å². The molecule has 2 unspecified atom stereocenters. The van der Waals surface area contributed by atoms with Gasteiger partial charge in [-0.2, -0.15) is 0 Å². The Hall–Kier alpha value is -2.93. The smallest absolute Gasteiger partial charge is 0.0248 e. The van der Waals surface area contributed by atoms with Crippen molar-refractivity contribution in [3.63, 3.8) is 0 Å². The SMILES string of the molecule is Cc1cccc(N2CCN(CCC[N+]3(c4ccc5c(c4)OCCO5)C=Nc4c([AsH2])ncnc43)CC2)c1C. The maximum atomic E-state index is 5.92. The monoisotopic (exact) mass is 561 g/mol. The van der Waals surface area contributed by atoms with E-state index < -0.39 is 0 Å². The number of aryl methyl sites for hydroxylation is 1. The van der Waals surface area contributed by atoms with Gasteiger partial charge < -0.3 is 0 Å². The van der Waals surface area contributed by atoms with Gasteiger partial charge in [-0.3, -0.25) is 0 Å². The number of aliphatic imine (C=N–C) groups is 1. The van der Waals surface area contributed by atoms with Gasteiger partial charge in [-0.05, 0) is 31.0 Å². The van der Waals surface area contributed by atoms with Crippen LogP contribution in [-0.2, 0) is 0 Å². The number of fused-ring (bicyclic) bond motifs is 2. The van der Waals surface area contributed by atoms with Gasteiger partial charge in [0.1, 0.15) is 0 Å². The number of rotatable bonds is 6. The number of anilines is 1. The van der Waals surface area contributed by atoms with E-state index in [0.717, 1.165) is 78.9 Å². The number of hydrogen-bond acceptors (Lipinski definition) is 7. The number of hydrogen-bond donors (Lipinski definition) is 0. The summed E-state index contributed by atoms with van der Waals surface area (Å²) in [6.07, 6.45) is 4.73. The van der Waals surface area contributed by atoms with E-state index in [0.29, 0.717) is 17.7 Å². The van der Waals surface area contributed by atoms with E-state index in [1.807, 2.05) is 12.4 Å². The summed E-state index contributed by atoms with van der Waals surface area (Å²) in [5.74, 6) is 2.54. The van der Waals surface area contributed by atoms with Gasteiger partial charge in [0, 0.05) is 0 Å². The zero-order chi connectivity index (χ0) is 25.4. The quantitative estimate of drug-likeness (QED) is 0.341. The summed E-state index contributed by atoms with van der Waals surface area (Å²) < 4.78 is 13.1. The molecule has 0 N–H and O–H groups in total. The van der Waals surface area contributed by atoms with Gasteiger partial charge >= 0.3 is 184 Å². The third-order valence-corrected chi connectivity index (χ3v) is 8.74. The molecule has 3 aliphatic heterocycles. The molecule has 4 heterocycles. The molecule has 0 bridgehead atoms. The molecule has 0 aliphatic carbocycles. The van der Waals surface area contributed by atoms with Crippen molar-refractivity contribution in [3.05, 3.63) is 53.9 Å². The minimum absolute atomic E-state index is 0.480. The standard InChI is InChI=1S/C28H34AsN6O2/c1-20-5-3-6-23(21(20)2)34-12-10-33(11-13-34)9-4-14-35(19-32-26-27(29)30-18-31-28(26)35)22-7-8-24-25(17-22)37-16-15-36-24/h3,5-8,17-19H,4,9-16,29H2,1-2H3/q+1. The third kappa shape index (κ3) is 4.52. The summed E-state index contributed by atoms with van der Waals surface area (Å²) in [6.45, 7) is 11.8. The average molecular weight is 562 g/mol. The molecule has 0 spiro atoms. The van der Waals surface area contributed by atoms with Gasteiger partial charge in [-0.1, -0.05) is 12.1 Å². The first-order valence-corrected chi connectivity index (χ1v) is 14.2. The Bertz CT molecular complexity index is 1340. The largest absolute Gasteiger partial charge is 0.0375 e. The first kappa shape index (κ1) is 24.4. The maximum absolute atomic E-state index is 5.92. The molecule has 0 amide bonds. The molecule has 2 atom stereocenters. The summed E-state index contributed by atoms with van der Waals surface area (Å²) in [5.41, 5.74) is 6.13. The molecule has 1 saturated heterocycles. The molecule has 1 aromatic heterocycles. The second kappa shape index (κ2) is 10.1. The fraction of sp³-hybridized carbons (Fsp3) is 0.393. The zero-order valence-electron chi connectivity index (χ0n) is 21.6. The number of piperazine rings is 1. The molecule has 9 heteroatoms. The van der Waals surface area contributed by atoms with E-state index in [1.165, 1.54) is 33.7 Å². The van der Waals surface area contributed by atoms with E-state index in [9.17, 15) is 0 Å². The predicted octanol–water partition coefficient (Wildman–Crippen LogP) is 2.65. The van der Waals surface area contributed by atoms with Crippen LogP contribution < -0.4 is 23.3 Å².